The molecule has 1 aromatic heterocycles. The largest absolute Gasteiger partial charge is 0.488 e. The third-order valence-electron chi connectivity index (χ3n) is 3.23. The summed E-state index contributed by atoms with van der Waals surface area (Å²) in [5, 5.41) is 10.2. The molecule has 0 unspecified atom stereocenters. The molecular formula is C15H14ClN3O2. The molecule has 0 bridgehead atoms. The Morgan fingerprint density at radius 2 is 2.33 bits per heavy atom. The SMILES string of the molecule is CCc1cc(NC(=O)C2=Cc3cc(Cl)ccc3OC2)n[nH]1. The average Bonchev–Trinajstić information content (AvgIpc) is 2.94. The predicted octanol–water partition coefficient (Wildman–Crippen LogP) is 3.04. The summed E-state index contributed by atoms with van der Waals surface area (Å²) >= 11 is 5.95. The summed E-state index contributed by atoms with van der Waals surface area (Å²) in [5.74, 6) is 1.01. The molecule has 2 heterocycles. The third-order valence-corrected chi connectivity index (χ3v) is 3.46. The Morgan fingerprint density at radius 1 is 1.48 bits per heavy atom. The van der Waals surface area contributed by atoms with Gasteiger partial charge in [-0.05, 0) is 30.7 Å². The molecular weight excluding hydrogens is 290 g/mol. The Hall–Kier alpha value is -2.27. The molecule has 0 spiro atoms. The van der Waals surface area contributed by atoms with Crippen molar-refractivity contribution in [2.24, 2.45) is 0 Å². The van der Waals surface area contributed by atoms with Crippen molar-refractivity contribution in [3.05, 3.63) is 46.1 Å². The van der Waals surface area contributed by atoms with Crippen molar-refractivity contribution in [2.45, 2.75) is 13.3 Å². The summed E-state index contributed by atoms with van der Waals surface area (Å²) in [7, 11) is 0. The van der Waals surface area contributed by atoms with Gasteiger partial charge in [-0.15, -0.1) is 0 Å². The van der Waals surface area contributed by atoms with Crippen molar-refractivity contribution in [3.8, 4) is 5.75 Å². The summed E-state index contributed by atoms with van der Waals surface area (Å²) in [5.41, 5.74) is 2.30. The van der Waals surface area contributed by atoms with Gasteiger partial charge in [0.1, 0.15) is 12.4 Å². The van der Waals surface area contributed by atoms with Gasteiger partial charge in [0.25, 0.3) is 5.91 Å². The van der Waals surface area contributed by atoms with Gasteiger partial charge in [-0.2, -0.15) is 5.10 Å². The number of rotatable bonds is 3. The number of hydrogen-bond donors (Lipinski definition) is 2. The molecule has 1 amide bonds. The lowest BCUT2D eigenvalue weighted by molar-refractivity contribution is -0.113. The zero-order valence-corrected chi connectivity index (χ0v) is 12.2. The van der Waals surface area contributed by atoms with Gasteiger partial charge in [-0.25, -0.2) is 0 Å². The van der Waals surface area contributed by atoms with E-state index in [1.807, 2.05) is 13.0 Å². The van der Waals surface area contributed by atoms with E-state index in [1.54, 1.807) is 24.3 Å². The molecule has 6 heteroatoms. The molecule has 2 N–H and O–H groups in total. The lowest BCUT2D eigenvalue weighted by Gasteiger charge is -2.17. The van der Waals surface area contributed by atoms with E-state index in [0.717, 1.165) is 23.4 Å². The van der Waals surface area contributed by atoms with Crippen molar-refractivity contribution in [2.75, 3.05) is 11.9 Å². The summed E-state index contributed by atoms with van der Waals surface area (Å²) in [6.45, 7) is 2.24. The zero-order chi connectivity index (χ0) is 14.8. The Kier molecular flexibility index (Phi) is 3.66. The van der Waals surface area contributed by atoms with Gasteiger partial charge in [-0.1, -0.05) is 18.5 Å². The predicted molar refractivity (Wildman–Crippen MR) is 81.5 cm³/mol. The summed E-state index contributed by atoms with van der Waals surface area (Å²) in [6.07, 6.45) is 2.62. The number of amides is 1. The molecule has 5 nitrogen and oxygen atoms in total. The number of benzene rings is 1. The first-order chi connectivity index (χ1) is 10.2. The number of anilines is 1. The number of ether oxygens (including phenoxy) is 1. The second-order valence-electron chi connectivity index (χ2n) is 4.73. The van der Waals surface area contributed by atoms with Crippen LogP contribution in [0, 0.1) is 0 Å². The fraction of sp³-hybridized carbons (Fsp3) is 0.200. The highest BCUT2D eigenvalue weighted by atomic mass is 35.5. The lowest BCUT2D eigenvalue weighted by atomic mass is 10.1. The quantitative estimate of drug-likeness (QED) is 0.916. The third kappa shape index (κ3) is 2.92. The molecule has 108 valence electrons. The van der Waals surface area contributed by atoms with E-state index >= 15 is 0 Å². The van der Waals surface area contributed by atoms with Crippen LogP contribution in [0.5, 0.6) is 5.75 Å². The van der Waals surface area contributed by atoms with Crippen LogP contribution in [-0.2, 0) is 11.2 Å². The van der Waals surface area contributed by atoms with Crippen LogP contribution in [0.3, 0.4) is 0 Å². The number of aromatic amines is 1. The van der Waals surface area contributed by atoms with Crippen LogP contribution in [0.15, 0.2) is 29.8 Å². The number of aryl methyl sites for hydroxylation is 1. The van der Waals surface area contributed by atoms with Gasteiger partial charge in [0.2, 0.25) is 0 Å². The van der Waals surface area contributed by atoms with Crippen LogP contribution in [0.1, 0.15) is 18.2 Å². The second-order valence-corrected chi connectivity index (χ2v) is 5.16. The van der Waals surface area contributed by atoms with Gasteiger partial charge in [-0.3, -0.25) is 9.89 Å². The number of carbonyl (C=O) groups excluding carboxylic acids is 1. The molecule has 0 radical (unpaired) electrons. The van der Waals surface area contributed by atoms with Crippen molar-refractivity contribution in [3.63, 3.8) is 0 Å². The van der Waals surface area contributed by atoms with Gasteiger partial charge >= 0.3 is 0 Å². The number of nitrogens with one attached hydrogen (secondary N) is 2. The lowest BCUT2D eigenvalue weighted by Crippen LogP contribution is -2.21. The maximum atomic E-state index is 12.2. The topological polar surface area (TPSA) is 67.0 Å². The molecule has 3 rings (SSSR count). The van der Waals surface area contributed by atoms with E-state index in [0.29, 0.717) is 16.4 Å². The van der Waals surface area contributed by atoms with Crippen molar-refractivity contribution in [1.82, 2.24) is 10.2 Å². The Balaban J connectivity index is 1.79. The van der Waals surface area contributed by atoms with Crippen molar-refractivity contribution >= 4 is 29.4 Å². The van der Waals surface area contributed by atoms with Gasteiger partial charge < -0.3 is 10.1 Å². The first kappa shape index (κ1) is 13.7. The minimum absolute atomic E-state index is 0.227. The van der Waals surface area contributed by atoms with E-state index in [4.69, 9.17) is 16.3 Å². The van der Waals surface area contributed by atoms with E-state index in [9.17, 15) is 4.79 Å². The van der Waals surface area contributed by atoms with Crippen LogP contribution in [0.4, 0.5) is 5.82 Å². The zero-order valence-electron chi connectivity index (χ0n) is 11.4. The minimum Gasteiger partial charge on any atom is -0.488 e. The fourth-order valence-corrected chi connectivity index (χ4v) is 2.26. The first-order valence-corrected chi connectivity index (χ1v) is 7.02. The van der Waals surface area contributed by atoms with Crippen LogP contribution in [0.25, 0.3) is 6.08 Å². The molecule has 1 aliphatic heterocycles. The standard InChI is InChI=1S/C15H14ClN3O2/c1-2-12-7-14(19-18-12)17-15(20)10-5-9-6-11(16)3-4-13(9)21-8-10/h3-7H,2,8H2,1H3,(H2,17,18,19,20). The molecule has 21 heavy (non-hydrogen) atoms. The number of H-pyrrole nitrogens is 1. The Labute approximate surface area is 127 Å². The van der Waals surface area contributed by atoms with Crippen LogP contribution >= 0.6 is 11.6 Å². The monoisotopic (exact) mass is 303 g/mol. The highest BCUT2D eigenvalue weighted by molar-refractivity contribution is 6.30. The number of nitrogens with zero attached hydrogens (tertiary/aromatic N) is 1. The van der Waals surface area contributed by atoms with Gasteiger partial charge in [0, 0.05) is 22.3 Å². The van der Waals surface area contributed by atoms with Crippen molar-refractivity contribution in [1.29, 1.82) is 0 Å². The number of hydrogen-bond acceptors (Lipinski definition) is 3. The molecule has 2 aromatic rings. The number of halogens is 1. The molecule has 1 aromatic carbocycles. The van der Waals surface area contributed by atoms with Gasteiger partial charge in [0.05, 0.1) is 5.57 Å². The Morgan fingerprint density at radius 3 is 3.10 bits per heavy atom. The smallest absolute Gasteiger partial charge is 0.256 e. The second kappa shape index (κ2) is 5.61. The molecule has 1 aliphatic rings. The summed E-state index contributed by atoms with van der Waals surface area (Å²) in [6, 6.07) is 7.14. The summed E-state index contributed by atoms with van der Waals surface area (Å²) in [4.78, 5) is 12.2. The molecule has 0 saturated carbocycles. The van der Waals surface area contributed by atoms with Crippen LogP contribution in [0.2, 0.25) is 5.02 Å². The number of fused-ring (bicyclic) bond motifs is 1. The van der Waals surface area contributed by atoms with E-state index < -0.39 is 0 Å². The Bertz CT molecular complexity index is 721. The maximum Gasteiger partial charge on any atom is 0.256 e. The fourth-order valence-electron chi connectivity index (χ4n) is 2.08. The van der Waals surface area contributed by atoms with Gasteiger partial charge in [0.15, 0.2) is 5.82 Å². The maximum absolute atomic E-state index is 12.2. The van der Waals surface area contributed by atoms with Crippen molar-refractivity contribution < 1.29 is 9.53 Å². The highest BCUT2D eigenvalue weighted by Crippen LogP contribution is 2.29. The number of carbonyl (C=O) groups is 1. The average molecular weight is 304 g/mol. The van der Waals surface area contributed by atoms with E-state index in [2.05, 4.69) is 15.5 Å². The van der Waals surface area contributed by atoms with Crippen LogP contribution < -0.4 is 10.1 Å². The molecule has 0 fully saturated rings. The molecule has 0 saturated heterocycles. The highest BCUT2D eigenvalue weighted by Gasteiger charge is 2.18. The minimum atomic E-state index is -0.227. The van der Waals surface area contributed by atoms with E-state index in [1.165, 1.54) is 0 Å². The first-order valence-electron chi connectivity index (χ1n) is 6.64. The molecule has 0 aliphatic carbocycles. The summed E-state index contributed by atoms with van der Waals surface area (Å²) < 4.78 is 5.56. The van der Waals surface area contributed by atoms with Crippen LogP contribution in [-0.4, -0.2) is 22.7 Å². The number of aromatic nitrogens is 2. The van der Waals surface area contributed by atoms with E-state index in [-0.39, 0.29) is 12.5 Å². The normalized spacial score (nSPS) is 13.1. The molecule has 0 atom stereocenters.